The van der Waals surface area contributed by atoms with Crippen molar-refractivity contribution in [1.29, 1.82) is 0 Å². The first-order chi connectivity index (χ1) is 16.4. The molecule has 0 bridgehead atoms. The summed E-state index contributed by atoms with van der Waals surface area (Å²) in [6.45, 7) is 0. The van der Waals surface area contributed by atoms with Crippen LogP contribution >= 0.6 is 23.1 Å². The fourth-order valence-corrected chi connectivity index (χ4v) is 5.50. The zero-order valence-corrected chi connectivity index (χ0v) is 20.6. The van der Waals surface area contributed by atoms with Crippen LogP contribution in [0.1, 0.15) is 0 Å². The summed E-state index contributed by atoms with van der Waals surface area (Å²) < 4.78 is 34.4. The van der Waals surface area contributed by atoms with Gasteiger partial charge in [-0.25, -0.2) is 13.4 Å². The van der Waals surface area contributed by atoms with E-state index < -0.39 is 10.0 Å². The number of sulfonamides is 1. The van der Waals surface area contributed by atoms with E-state index in [4.69, 9.17) is 4.74 Å². The lowest BCUT2D eigenvalue weighted by Gasteiger charge is -2.09. The fraction of sp³-hybridized carbons (Fsp3) is 0.143. The first-order valence-corrected chi connectivity index (χ1v) is 13.2. The normalized spacial score (nSPS) is 11.2. The Kier molecular flexibility index (Phi) is 7.14. The van der Waals surface area contributed by atoms with Crippen molar-refractivity contribution in [3.8, 4) is 17.1 Å². The van der Waals surface area contributed by atoms with E-state index in [1.165, 1.54) is 53.6 Å². The number of anilines is 2. The third-order valence-corrected chi connectivity index (χ3v) is 7.81. The van der Waals surface area contributed by atoms with E-state index in [0.29, 0.717) is 22.4 Å². The highest BCUT2D eigenvalue weighted by Gasteiger charge is 2.17. The van der Waals surface area contributed by atoms with E-state index in [1.54, 1.807) is 17.1 Å². The molecule has 1 amide bonds. The third kappa shape index (κ3) is 5.38. The first kappa shape index (κ1) is 23.7. The van der Waals surface area contributed by atoms with Gasteiger partial charge in [-0.05, 0) is 36.4 Å². The number of nitrogens with zero attached hydrogens (tertiary/aromatic N) is 4. The Morgan fingerprint density at radius 1 is 1.15 bits per heavy atom. The number of aromatic nitrogens is 4. The highest BCUT2D eigenvalue weighted by molar-refractivity contribution is 7.99. The summed E-state index contributed by atoms with van der Waals surface area (Å²) in [5.74, 6) is 1.15. The molecular formula is C21H20N6O4S3. The van der Waals surface area contributed by atoms with E-state index in [9.17, 15) is 13.2 Å². The number of nitrogens with one attached hydrogen (secondary N) is 2. The summed E-state index contributed by atoms with van der Waals surface area (Å²) in [4.78, 5) is 16.4. The maximum absolute atomic E-state index is 12.4. The number of benzene rings is 2. The average Bonchev–Trinajstić information content (AvgIpc) is 3.47. The summed E-state index contributed by atoms with van der Waals surface area (Å²) >= 11 is 2.42. The molecule has 34 heavy (non-hydrogen) atoms. The van der Waals surface area contributed by atoms with Crippen LogP contribution in [0.2, 0.25) is 0 Å². The lowest BCUT2D eigenvalue weighted by molar-refractivity contribution is -0.113. The van der Waals surface area contributed by atoms with Crippen molar-refractivity contribution in [2.24, 2.45) is 7.05 Å². The number of thioether (sulfide) groups is 1. The van der Waals surface area contributed by atoms with Crippen LogP contribution in [0.25, 0.3) is 11.4 Å². The van der Waals surface area contributed by atoms with Crippen LogP contribution in [0.3, 0.4) is 0 Å². The van der Waals surface area contributed by atoms with Crippen LogP contribution in [-0.2, 0) is 21.9 Å². The zero-order valence-electron chi connectivity index (χ0n) is 18.1. The van der Waals surface area contributed by atoms with E-state index in [-0.39, 0.29) is 21.7 Å². The van der Waals surface area contributed by atoms with Gasteiger partial charge in [-0.3, -0.25) is 9.52 Å². The molecule has 2 aromatic heterocycles. The van der Waals surface area contributed by atoms with Crippen molar-refractivity contribution in [2.45, 2.75) is 10.1 Å². The van der Waals surface area contributed by atoms with Gasteiger partial charge < -0.3 is 14.6 Å². The van der Waals surface area contributed by atoms with E-state index in [2.05, 4.69) is 25.2 Å². The number of para-hydroxylation sites is 1. The molecule has 2 aromatic carbocycles. The van der Waals surface area contributed by atoms with Gasteiger partial charge in [-0.1, -0.05) is 23.9 Å². The molecule has 176 valence electrons. The van der Waals surface area contributed by atoms with Crippen LogP contribution in [0.15, 0.2) is 70.2 Å². The van der Waals surface area contributed by atoms with Gasteiger partial charge in [0.05, 0.1) is 23.3 Å². The van der Waals surface area contributed by atoms with Gasteiger partial charge in [0.25, 0.3) is 10.0 Å². The SMILES string of the molecule is COc1ccccc1-c1nnc(SCC(=O)Nc2ccc(S(=O)(=O)Nc3nccs3)cc2)n1C. The standard InChI is InChI=1S/C21H20N6O4S3/c1-27-19(16-5-3-4-6-17(16)31-2)24-25-21(27)33-13-18(28)23-14-7-9-15(10-8-14)34(29,30)26-20-22-11-12-32-20/h3-12H,13H2,1-2H3,(H,22,26)(H,23,28). The quantitative estimate of drug-likeness (QED) is 0.324. The van der Waals surface area contributed by atoms with Crippen molar-refractivity contribution >= 4 is 49.8 Å². The lowest BCUT2D eigenvalue weighted by Crippen LogP contribution is -2.15. The molecule has 4 rings (SSSR count). The minimum atomic E-state index is -3.75. The van der Waals surface area contributed by atoms with Crippen LogP contribution in [0.4, 0.5) is 10.8 Å². The highest BCUT2D eigenvalue weighted by Crippen LogP contribution is 2.30. The largest absolute Gasteiger partial charge is 0.496 e. The van der Waals surface area contributed by atoms with E-state index >= 15 is 0 Å². The zero-order chi connectivity index (χ0) is 24.1. The molecule has 0 radical (unpaired) electrons. The highest BCUT2D eigenvalue weighted by atomic mass is 32.2. The molecule has 0 fully saturated rings. The average molecular weight is 517 g/mol. The molecule has 0 atom stereocenters. The van der Waals surface area contributed by atoms with Gasteiger partial charge >= 0.3 is 0 Å². The van der Waals surface area contributed by atoms with Gasteiger partial charge in [0, 0.05) is 24.3 Å². The Balaban J connectivity index is 1.36. The molecule has 0 spiro atoms. The van der Waals surface area contributed by atoms with Gasteiger partial charge in [-0.2, -0.15) is 0 Å². The van der Waals surface area contributed by atoms with Crippen LogP contribution in [0, 0.1) is 0 Å². The van der Waals surface area contributed by atoms with Crippen molar-refractivity contribution in [2.75, 3.05) is 22.9 Å². The molecule has 0 unspecified atom stereocenters. The molecule has 0 aliphatic heterocycles. The predicted molar refractivity (Wildman–Crippen MR) is 132 cm³/mol. The predicted octanol–water partition coefficient (Wildman–Crippen LogP) is 3.48. The van der Waals surface area contributed by atoms with Gasteiger partial charge in [0.1, 0.15) is 5.75 Å². The molecule has 2 heterocycles. The number of amides is 1. The maximum Gasteiger partial charge on any atom is 0.263 e. The van der Waals surface area contributed by atoms with Crippen molar-refractivity contribution in [1.82, 2.24) is 19.7 Å². The molecule has 0 aliphatic carbocycles. The van der Waals surface area contributed by atoms with E-state index in [1.807, 2.05) is 31.3 Å². The monoisotopic (exact) mass is 516 g/mol. The number of hydrogen-bond acceptors (Lipinski definition) is 9. The molecule has 0 saturated carbocycles. The minimum absolute atomic E-state index is 0.0676. The lowest BCUT2D eigenvalue weighted by atomic mass is 10.2. The fourth-order valence-electron chi connectivity index (χ4n) is 3.00. The summed E-state index contributed by atoms with van der Waals surface area (Å²) in [5.41, 5.74) is 1.28. The Morgan fingerprint density at radius 2 is 1.91 bits per heavy atom. The molecule has 0 saturated heterocycles. The van der Waals surface area contributed by atoms with Crippen molar-refractivity contribution < 1.29 is 17.9 Å². The Morgan fingerprint density at radius 3 is 2.62 bits per heavy atom. The summed E-state index contributed by atoms with van der Waals surface area (Å²) in [5, 5.41) is 13.7. The summed E-state index contributed by atoms with van der Waals surface area (Å²) in [6.07, 6.45) is 1.51. The number of carbonyl (C=O) groups excluding carboxylic acids is 1. The maximum atomic E-state index is 12.4. The number of carbonyl (C=O) groups is 1. The Hall–Kier alpha value is -3.42. The number of ether oxygens (including phenoxy) is 1. The number of methoxy groups -OCH3 is 1. The molecule has 13 heteroatoms. The number of rotatable bonds is 9. The van der Waals surface area contributed by atoms with Crippen molar-refractivity contribution in [3.63, 3.8) is 0 Å². The summed E-state index contributed by atoms with van der Waals surface area (Å²) in [6, 6.07) is 13.4. The van der Waals surface area contributed by atoms with Crippen molar-refractivity contribution in [3.05, 3.63) is 60.1 Å². The van der Waals surface area contributed by atoms with Crippen LogP contribution in [-0.4, -0.2) is 46.9 Å². The van der Waals surface area contributed by atoms with E-state index in [0.717, 1.165) is 5.56 Å². The summed E-state index contributed by atoms with van der Waals surface area (Å²) in [7, 11) is -0.339. The molecule has 0 aliphatic rings. The van der Waals surface area contributed by atoms with Gasteiger partial charge in [0.15, 0.2) is 16.1 Å². The topological polar surface area (TPSA) is 128 Å². The van der Waals surface area contributed by atoms with Gasteiger partial charge in [-0.15, -0.1) is 21.5 Å². The second-order valence-electron chi connectivity index (χ2n) is 6.87. The number of hydrogen-bond donors (Lipinski definition) is 2. The Bertz CT molecular complexity index is 1390. The van der Waals surface area contributed by atoms with Gasteiger partial charge in [0.2, 0.25) is 5.91 Å². The number of thiazole rings is 1. The minimum Gasteiger partial charge on any atom is -0.496 e. The molecular weight excluding hydrogens is 496 g/mol. The second-order valence-corrected chi connectivity index (χ2v) is 10.4. The second kappa shape index (κ2) is 10.2. The van der Waals surface area contributed by atoms with Crippen LogP contribution in [0.5, 0.6) is 5.75 Å². The first-order valence-electron chi connectivity index (χ1n) is 9.85. The molecule has 10 nitrogen and oxygen atoms in total. The third-order valence-electron chi connectivity index (χ3n) is 4.62. The smallest absolute Gasteiger partial charge is 0.263 e. The molecule has 4 aromatic rings. The Labute approximate surface area is 204 Å². The van der Waals surface area contributed by atoms with Crippen LogP contribution < -0.4 is 14.8 Å². The molecule has 2 N–H and O–H groups in total.